The van der Waals surface area contributed by atoms with Crippen LogP contribution in [-0.2, 0) is 12.7 Å². The van der Waals surface area contributed by atoms with Crippen LogP contribution in [0.4, 0.5) is 13.2 Å². The van der Waals surface area contributed by atoms with Crippen LogP contribution < -0.4 is 0 Å². The van der Waals surface area contributed by atoms with Crippen molar-refractivity contribution in [3.63, 3.8) is 0 Å². The molecule has 2 aromatic rings. The number of halogens is 4. The molecule has 0 aromatic heterocycles. The van der Waals surface area contributed by atoms with Crippen molar-refractivity contribution in [2.45, 2.75) is 12.7 Å². The summed E-state index contributed by atoms with van der Waals surface area (Å²) in [5, 5.41) is 0. The van der Waals surface area contributed by atoms with E-state index in [0.717, 1.165) is 16.1 Å². The fraction of sp³-hybridized carbons (Fsp3) is 0.188. The lowest BCUT2D eigenvalue weighted by molar-refractivity contribution is -0.138. The van der Waals surface area contributed by atoms with Gasteiger partial charge in [0.05, 0.1) is 11.1 Å². The number of amides is 1. The number of carbonyl (C=O) groups excluding carboxylic acids is 1. The molecule has 2 aromatic carbocycles. The first kappa shape index (κ1) is 16.5. The molecule has 0 N–H and O–H groups in total. The second kappa shape index (κ2) is 6.52. The highest BCUT2D eigenvalue weighted by Crippen LogP contribution is 2.32. The van der Waals surface area contributed by atoms with Crippen molar-refractivity contribution >= 4 is 21.8 Å². The molecule has 0 saturated carbocycles. The van der Waals surface area contributed by atoms with Crippen molar-refractivity contribution in [3.05, 3.63) is 69.7 Å². The summed E-state index contributed by atoms with van der Waals surface area (Å²) in [7, 11) is 1.48. The Morgan fingerprint density at radius 1 is 1.09 bits per heavy atom. The summed E-state index contributed by atoms with van der Waals surface area (Å²) >= 11 is 3.30. The summed E-state index contributed by atoms with van der Waals surface area (Å²) in [6.45, 7) is 0.234. The van der Waals surface area contributed by atoms with Crippen LogP contribution in [0, 0.1) is 0 Å². The number of hydrogen-bond donors (Lipinski definition) is 0. The number of hydrogen-bond acceptors (Lipinski definition) is 1. The van der Waals surface area contributed by atoms with Gasteiger partial charge in [-0.3, -0.25) is 4.79 Å². The maximum atomic E-state index is 13.0. The number of rotatable bonds is 3. The Morgan fingerprint density at radius 2 is 1.68 bits per heavy atom. The van der Waals surface area contributed by atoms with Gasteiger partial charge in [-0.15, -0.1) is 0 Å². The van der Waals surface area contributed by atoms with Crippen LogP contribution in [-0.4, -0.2) is 17.9 Å². The van der Waals surface area contributed by atoms with Crippen molar-refractivity contribution in [1.29, 1.82) is 0 Å². The first-order chi connectivity index (χ1) is 10.3. The van der Waals surface area contributed by atoms with Crippen LogP contribution in [0.5, 0.6) is 0 Å². The molecule has 2 rings (SSSR count). The lowest BCUT2D eigenvalue weighted by atomic mass is 10.1. The molecule has 0 saturated heterocycles. The second-order valence-electron chi connectivity index (χ2n) is 4.83. The van der Waals surface area contributed by atoms with E-state index in [-0.39, 0.29) is 12.1 Å². The minimum absolute atomic E-state index is 0.234. The molecule has 1 amide bonds. The van der Waals surface area contributed by atoms with Crippen LogP contribution in [0.25, 0.3) is 0 Å². The van der Waals surface area contributed by atoms with E-state index in [4.69, 9.17) is 0 Å². The molecule has 0 bridgehead atoms. The van der Waals surface area contributed by atoms with Crippen molar-refractivity contribution < 1.29 is 18.0 Å². The van der Waals surface area contributed by atoms with E-state index in [9.17, 15) is 18.0 Å². The van der Waals surface area contributed by atoms with Crippen LogP contribution in [0.3, 0.4) is 0 Å². The third kappa shape index (κ3) is 3.88. The molecule has 0 fully saturated rings. The Bertz CT molecular complexity index is 668. The zero-order chi connectivity index (χ0) is 16.3. The number of benzene rings is 2. The topological polar surface area (TPSA) is 20.3 Å². The minimum atomic E-state index is -4.55. The molecule has 0 spiro atoms. The van der Waals surface area contributed by atoms with E-state index < -0.39 is 17.6 Å². The smallest absolute Gasteiger partial charge is 0.337 e. The van der Waals surface area contributed by atoms with E-state index in [1.54, 1.807) is 0 Å². The molecular weight excluding hydrogens is 359 g/mol. The van der Waals surface area contributed by atoms with E-state index in [1.165, 1.54) is 30.1 Å². The molecule has 0 atom stereocenters. The molecule has 0 heterocycles. The van der Waals surface area contributed by atoms with Gasteiger partial charge in [0.25, 0.3) is 5.91 Å². The average Bonchev–Trinajstić information content (AvgIpc) is 2.48. The molecule has 0 aliphatic rings. The molecule has 6 heteroatoms. The minimum Gasteiger partial charge on any atom is -0.337 e. The molecule has 0 radical (unpaired) electrons. The Morgan fingerprint density at radius 3 is 2.27 bits per heavy atom. The Balaban J connectivity index is 2.23. The summed E-state index contributed by atoms with van der Waals surface area (Å²) in [5.41, 5.74) is -0.416. The molecular formula is C16H13BrF3NO. The zero-order valence-corrected chi connectivity index (χ0v) is 13.3. The highest BCUT2D eigenvalue weighted by molar-refractivity contribution is 9.10. The summed E-state index contributed by atoms with van der Waals surface area (Å²) in [4.78, 5) is 13.6. The molecule has 0 aliphatic carbocycles. The number of nitrogens with zero attached hydrogens (tertiary/aromatic N) is 1. The first-order valence-electron chi connectivity index (χ1n) is 6.45. The van der Waals surface area contributed by atoms with Crippen LogP contribution in [0.15, 0.2) is 53.0 Å². The predicted molar refractivity (Wildman–Crippen MR) is 81.4 cm³/mol. The highest BCUT2D eigenvalue weighted by Gasteiger charge is 2.35. The average molecular weight is 372 g/mol. The Labute approximate surface area is 134 Å². The SMILES string of the molecule is CN(Cc1ccc(Br)cc1)C(=O)c1ccccc1C(F)(F)F. The zero-order valence-electron chi connectivity index (χ0n) is 11.7. The van der Waals surface area contributed by atoms with E-state index in [1.807, 2.05) is 24.3 Å². The summed E-state index contributed by atoms with van der Waals surface area (Å²) in [6, 6.07) is 12.1. The molecule has 2 nitrogen and oxygen atoms in total. The van der Waals surface area contributed by atoms with Crippen LogP contribution in [0.2, 0.25) is 0 Å². The molecule has 0 unspecified atom stereocenters. The van der Waals surface area contributed by atoms with E-state index in [2.05, 4.69) is 15.9 Å². The maximum Gasteiger partial charge on any atom is 0.417 e. The molecule has 22 heavy (non-hydrogen) atoms. The second-order valence-corrected chi connectivity index (χ2v) is 5.75. The third-order valence-electron chi connectivity index (χ3n) is 3.14. The van der Waals surface area contributed by atoms with Gasteiger partial charge in [-0.25, -0.2) is 0 Å². The van der Waals surface area contributed by atoms with Gasteiger partial charge < -0.3 is 4.90 Å². The molecule has 0 aliphatic heterocycles. The van der Waals surface area contributed by atoms with Crippen molar-refractivity contribution in [2.75, 3.05) is 7.05 Å². The van der Waals surface area contributed by atoms with Crippen molar-refractivity contribution in [3.8, 4) is 0 Å². The highest BCUT2D eigenvalue weighted by atomic mass is 79.9. The summed E-state index contributed by atoms with van der Waals surface area (Å²) in [6.07, 6.45) is -4.55. The van der Waals surface area contributed by atoms with E-state index >= 15 is 0 Å². The van der Waals surface area contributed by atoms with Gasteiger partial charge >= 0.3 is 6.18 Å². The number of alkyl halides is 3. The lowest BCUT2D eigenvalue weighted by Crippen LogP contribution is -2.28. The summed E-state index contributed by atoms with van der Waals surface area (Å²) in [5.74, 6) is -0.657. The quantitative estimate of drug-likeness (QED) is 0.762. The van der Waals surface area contributed by atoms with E-state index in [0.29, 0.717) is 0 Å². The Hall–Kier alpha value is -1.82. The van der Waals surface area contributed by atoms with Gasteiger partial charge in [0, 0.05) is 18.1 Å². The Kier molecular flexibility index (Phi) is 4.90. The fourth-order valence-corrected chi connectivity index (χ4v) is 2.32. The van der Waals surface area contributed by atoms with Gasteiger partial charge in [0.1, 0.15) is 0 Å². The monoisotopic (exact) mass is 371 g/mol. The van der Waals surface area contributed by atoms with Crippen LogP contribution in [0.1, 0.15) is 21.5 Å². The van der Waals surface area contributed by atoms with Gasteiger partial charge in [-0.1, -0.05) is 40.2 Å². The normalized spacial score (nSPS) is 11.3. The van der Waals surface area contributed by atoms with Gasteiger partial charge in [-0.2, -0.15) is 13.2 Å². The third-order valence-corrected chi connectivity index (χ3v) is 3.67. The van der Waals surface area contributed by atoms with Gasteiger partial charge in [0.15, 0.2) is 0 Å². The summed E-state index contributed by atoms with van der Waals surface area (Å²) < 4.78 is 39.8. The maximum absolute atomic E-state index is 13.0. The first-order valence-corrected chi connectivity index (χ1v) is 7.24. The predicted octanol–water partition coefficient (Wildman–Crippen LogP) is 4.74. The van der Waals surface area contributed by atoms with Crippen molar-refractivity contribution in [1.82, 2.24) is 4.90 Å². The van der Waals surface area contributed by atoms with Gasteiger partial charge in [-0.05, 0) is 29.8 Å². The standard InChI is InChI=1S/C16H13BrF3NO/c1-21(10-11-6-8-12(17)9-7-11)15(22)13-4-2-3-5-14(13)16(18,19)20/h2-9H,10H2,1H3. The molecule has 116 valence electrons. The van der Waals surface area contributed by atoms with Crippen molar-refractivity contribution in [2.24, 2.45) is 0 Å². The van der Waals surface area contributed by atoms with Crippen LogP contribution >= 0.6 is 15.9 Å². The largest absolute Gasteiger partial charge is 0.417 e. The van der Waals surface area contributed by atoms with Gasteiger partial charge in [0.2, 0.25) is 0 Å². The number of carbonyl (C=O) groups is 1. The lowest BCUT2D eigenvalue weighted by Gasteiger charge is -2.20. The fourth-order valence-electron chi connectivity index (χ4n) is 2.06.